The van der Waals surface area contributed by atoms with Crippen LogP contribution in [0.1, 0.15) is 22.4 Å². The molecule has 0 bridgehead atoms. The van der Waals surface area contributed by atoms with Gasteiger partial charge < -0.3 is 5.32 Å². The lowest BCUT2D eigenvalue weighted by atomic mass is 10.1. The molecule has 0 amide bonds. The van der Waals surface area contributed by atoms with Crippen molar-refractivity contribution in [1.82, 2.24) is 10.3 Å². The zero-order valence-corrected chi connectivity index (χ0v) is 13.0. The van der Waals surface area contributed by atoms with Crippen molar-refractivity contribution in [3.8, 4) is 0 Å². The van der Waals surface area contributed by atoms with Crippen molar-refractivity contribution >= 4 is 27.3 Å². The summed E-state index contributed by atoms with van der Waals surface area (Å²) in [6.07, 6.45) is 3.00. The van der Waals surface area contributed by atoms with E-state index in [1.54, 1.807) is 11.3 Å². The lowest BCUT2D eigenvalue weighted by Crippen LogP contribution is -2.27. The van der Waals surface area contributed by atoms with Crippen LogP contribution in [0.3, 0.4) is 0 Å². The average molecular weight is 325 g/mol. The quantitative estimate of drug-likeness (QED) is 0.901. The molecule has 4 heteroatoms. The summed E-state index contributed by atoms with van der Waals surface area (Å²) < 4.78 is 1.13. The summed E-state index contributed by atoms with van der Waals surface area (Å²) in [6, 6.07) is 8.98. The van der Waals surface area contributed by atoms with Crippen molar-refractivity contribution in [1.29, 1.82) is 0 Å². The highest BCUT2D eigenvalue weighted by Gasteiger charge is 2.04. The zero-order chi connectivity index (χ0) is 13.0. The molecule has 0 spiro atoms. The number of hydrogen-bond donors (Lipinski definition) is 1. The van der Waals surface area contributed by atoms with Crippen LogP contribution in [0.25, 0.3) is 0 Å². The van der Waals surface area contributed by atoms with Crippen molar-refractivity contribution in [3.63, 3.8) is 0 Å². The summed E-state index contributed by atoms with van der Waals surface area (Å²) in [5.74, 6) is 0. The molecule has 1 heterocycles. The molecule has 2 rings (SSSR count). The van der Waals surface area contributed by atoms with Gasteiger partial charge in [0.2, 0.25) is 0 Å². The summed E-state index contributed by atoms with van der Waals surface area (Å²) >= 11 is 5.21. The van der Waals surface area contributed by atoms with Crippen LogP contribution < -0.4 is 5.32 Å². The van der Waals surface area contributed by atoms with Crippen LogP contribution in [0.2, 0.25) is 0 Å². The highest BCUT2D eigenvalue weighted by Crippen LogP contribution is 2.13. The van der Waals surface area contributed by atoms with Crippen LogP contribution in [-0.4, -0.2) is 11.0 Å². The van der Waals surface area contributed by atoms with E-state index in [1.807, 2.05) is 13.1 Å². The number of nitrogens with one attached hydrogen (secondary N) is 1. The Kier molecular flexibility index (Phi) is 4.92. The van der Waals surface area contributed by atoms with Gasteiger partial charge in [0.05, 0.1) is 5.01 Å². The van der Waals surface area contributed by atoms with E-state index >= 15 is 0 Å². The summed E-state index contributed by atoms with van der Waals surface area (Å²) in [7, 11) is 0. The fourth-order valence-electron chi connectivity index (χ4n) is 1.81. The molecule has 1 N–H and O–H groups in total. The molecule has 1 unspecified atom stereocenters. The van der Waals surface area contributed by atoms with E-state index in [1.165, 1.54) is 10.4 Å². The monoisotopic (exact) mass is 324 g/mol. The van der Waals surface area contributed by atoms with E-state index in [-0.39, 0.29) is 0 Å². The van der Waals surface area contributed by atoms with Gasteiger partial charge in [-0.15, -0.1) is 11.3 Å². The van der Waals surface area contributed by atoms with E-state index < -0.39 is 0 Å². The lowest BCUT2D eigenvalue weighted by molar-refractivity contribution is 0.548. The molecule has 2 aromatic rings. The van der Waals surface area contributed by atoms with E-state index in [9.17, 15) is 0 Å². The molecule has 0 aliphatic heterocycles. The van der Waals surface area contributed by atoms with E-state index in [4.69, 9.17) is 0 Å². The van der Waals surface area contributed by atoms with Crippen LogP contribution in [0.5, 0.6) is 0 Å². The topological polar surface area (TPSA) is 24.9 Å². The Morgan fingerprint density at radius 1 is 1.33 bits per heavy atom. The van der Waals surface area contributed by atoms with Crippen molar-refractivity contribution in [2.24, 2.45) is 0 Å². The fraction of sp³-hybridized carbons (Fsp3) is 0.357. The van der Waals surface area contributed by atoms with Crippen LogP contribution in [0, 0.1) is 6.92 Å². The minimum Gasteiger partial charge on any atom is -0.309 e. The minimum absolute atomic E-state index is 0.466. The van der Waals surface area contributed by atoms with Gasteiger partial charge in [0.1, 0.15) is 0 Å². The number of aryl methyl sites for hydroxylation is 1. The molecule has 1 aromatic carbocycles. The van der Waals surface area contributed by atoms with Crippen LogP contribution in [0.4, 0.5) is 0 Å². The Bertz CT molecular complexity index is 493. The molecule has 18 heavy (non-hydrogen) atoms. The molecule has 0 aliphatic carbocycles. The zero-order valence-electron chi connectivity index (χ0n) is 10.6. The normalized spacial score (nSPS) is 12.6. The highest BCUT2D eigenvalue weighted by atomic mass is 79.9. The van der Waals surface area contributed by atoms with Gasteiger partial charge in [0.25, 0.3) is 0 Å². The molecule has 0 aliphatic rings. The maximum Gasteiger partial charge on any atom is 0.0897 e. The Morgan fingerprint density at radius 2 is 2.06 bits per heavy atom. The molecule has 0 fully saturated rings. The smallest absolute Gasteiger partial charge is 0.0897 e. The third-order valence-electron chi connectivity index (χ3n) is 2.75. The maximum absolute atomic E-state index is 4.26. The Labute approximate surface area is 121 Å². The summed E-state index contributed by atoms with van der Waals surface area (Å²) in [5, 5.41) is 4.67. The fourth-order valence-corrected chi connectivity index (χ4v) is 2.82. The number of thiazole rings is 1. The molecular formula is C14H17BrN2S. The maximum atomic E-state index is 4.26. The van der Waals surface area contributed by atoms with Gasteiger partial charge in [-0.05, 0) is 38.0 Å². The van der Waals surface area contributed by atoms with Crippen LogP contribution >= 0.6 is 27.3 Å². The molecule has 2 nitrogen and oxygen atoms in total. The highest BCUT2D eigenvalue weighted by molar-refractivity contribution is 9.10. The first-order valence-corrected chi connectivity index (χ1v) is 7.63. The summed E-state index contributed by atoms with van der Waals surface area (Å²) in [4.78, 5) is 5.56. The SMILES string of the molecule is Cc1ncc(CNC(C)Cc2ccc(Br)cc2)s1. The molecule has 0 saturated heterocycles. The third-order valence-corrected chi connectivity index (χ3v) is 4.19. The number of benzene rings is 1. The van der Waals surface area contributed by atoms with E-state index in [2.05, 4.69) is 57.4 Å². The van der Waals surface area contributed by atoms with Gasteiger partial charge in [-0.2, -0.15) is 0 Å². The van der Waals surface area contributed by atoms with Gasteiger partial charge in [-0.25, -0.2) is 4.98 Å². The first-order valence-electron chi connectivity index (χ1n) is 6.02. The minimum atomic E-state index is 0.466. The molecular weight excluding hydrogens is 308 g/mol. The standard InChI is InChI=1S/C14H17BrN2S/c1-10(7-12-3-5-13(15)6-4-12)16-8-14-9-17-11(2)18-14/h3-6,9-10,16H,7-8H2,1-2H3. The predicted molar refractivity (Wildman–Crippen MR) is 81.0 cm³/mol. The van der Waals surface area contributed by atoms with Gasteiger partial charge in [-0.3, -0.25) is 0 Å². The van der Waals surface area contributed by atoms with Crippen LogP contribution in [-0.2, 0) is 13.0 Å². The number of aromatic nitrogens is 1. The van der Waals surface area contributed by atoms with Crippen molar-refractivity contribution in [3.05, 3.63) is 50.4 Å². The number of halogens is 1. The molecule has 96 valence electrons. The molecule has 0 radical (unpaired) electrons. The van der Waals surface area contributed by atoms with Gasteiger partial charge in [0.15, 0.2) is 0 Å². The number of rotatable bonds is 5. The number of nitrogens with zero attached hydrogens (tertiary/aromatic N) is 1. The van der Waals surface area contributed by atoms with Crippen LogP contribution in [0.15, 0.2) is 34.9 Å². The van der Waals surface area contributed by atoms with Crippen molar-refractivity contribution in [2.75, 3.05) is 0 Å². The second kappa shape index (κ2) is 6.45. The van der Waals surface area contributed by atoms with Gasteiger partial charge in [-0.1, -0.05) is 28.1 Å². The van der Waals surface area contributed by atoms with Gasteiger partial charge >= 0.3 is 0 Å². The molecule has 1 aromatic heterocycles. The number of hydrogen-bond acceptors (Lipinski definition) is 3. The second-order valence-electron chi connectivity index (χ2n) is 4.46. The van der Waals surface area contributed by atoms with Crippen molar-refractivity contribution in [2.45, 2.75) is 32.9 Å². The first kappa shape index (κ1) is 13.7. The first-order chi connectivity index (χ1) is 8.63. The Morgan fingerprint density at radius 3 is 2.67 bits per heavy atom. The van der Waals surface area contributed by atoms with E-state index in [0.717, 1.165) is 22.4 Å². The summed E-state index contributed by atoms with van der Waals surface area (Å²) in [6.45, 7) is 5.17. The molecule has 0 saturated carbocycles. The average Bonchev–Trinajstić information content (AvgIpc) is 2.76. The Hall–Kier alpha value is -0.710. The van der Waals surface area contributed by atoms with Gasteiger partial charge in [0, 0.05) is 28.1 Å². The Balaban J connectivity index is 1.81. The summed E-state index contributed by atoms with van der Waals surface area (Å²) in [5.41, 5.74) is 1.36. The second-order valence-corrected chi connectivity index (χ2v) is 6.69. The van der Waals surface area contributed by atoms with Crippen molar-refractivity contribution < 1.29 is 0 Å². The largest absolute Gasteiger partial charge is 0.309 e. The molecule has 1 atom stereocenters. The van der Waals surface area contributed by atoms with E-state index in [0.29, 0.717) is 6.04 Å². The predicted octanol–water partition coefficient (Wildman–Crippen LogP) is 3.93. The lowest BCUT2D eigenvalue weighted by Gasteiger charge is -2.13. The third kappa shape index (κ3) is 4.19.